The molecule has 4 rings (SSSR count). The second-order valence-electron chi connectivity index (χ2n) is 11.2. The van der Waals surface area contributed by atoms with Gasteiger partial charge in [-0.25, -0.2) is 17.6 Å². The summed E-state index contributed by atoms with van der Waals surface area (Å²) in [4.78, 5) is 26.6. The highest BCUT2D eigenvalue weighted by molar-refractivity contribution is 5.96. The fraction of sp³-hybridized carbons (Fsp3) is 0.533. The van der Waals surface area contributed by atoms with Crippen molar-refractivity contribution in [3.8, 4) is 0 Å². The number of rotatable bonds is 10. The molecule has 9 heteroatoms. The highest BCUT2D eigenvalue weighted by atomic mass is 19.3. The highest BCUT2D eigenvalue weighted by Gasteiger charge is 2.40. The molecule has 0 atom stereocenters. The second-order valence-corrected chi connectivity index (χ2v) is 11.2. The lowest BCUT2D eigenvalue weighted by Gasteiger charge is -2.40. The van der Waals surface area contributed by atoms with Crippen molar-refractivity contribution in [3.05, 3.63) is 59.2 Å². The number of benzene rings is 2. The van der Waals surface area contributed by atoms with Gasteiger partial charge < -0.3 is 15.0 Å². The van der Waals surface area contributed by atoms with E-state index in [2.05, 4.69) is 10.2 Å². The zero-order valence-corrected chi connectivity index (χ0v) is 22.5. The lowest BCUT2D eigenvalue weighted by molar-refractivity contribution is -0.144. The summed E-state index contributed by atoms with van der Waals surface area (Å²) >= 11 is 0. The number of nitrogens with one attached hydrogen (secondary N) is 1. The Morgan fingerprint density at radius 2 is 1.77 bits per heavy atom. The van der Waals surface area contributed by atoms with Crippen LogP contribution in [0.25, 0.3) is 0 Å². The van der Waals surface area contributed by atoms with E-state index in [0.29, 0.717) is 50.1 Å². The van der Waals surface area contributed by atoms with Gasteiger partial charge in [0, 0.05) is 31.5 Å². The van der Waals surface area contributed by atoms with Crippen LogP contribution < -0.4 is 10.2 Å². The maximum Gasteiger partial charge on any atom is 0.293 e. The Morgan fingerprint density at radius 1 is 1.08 bits per heavy atom. The minimum atomic E-state index is -2.68. The molecule has 0 saturated heterocycles. The monoisotopic (exact) mass is 548 g/mol. The Hall–Kier alpha value is -3.10. The third kappa shape index (κ3) is 6.92. The predicted octanol–water partition coefficient (Wildman–Crippen LogP) is 7.13. The number of carbonyl (C=O) groups excluding carboxylic acids is 2. The van der Waals surface area contributed by atoms with Crippen LogP contribution in [0.4, 0.5) is 28.9 Å². The number of amides is 1. The summed E-state index contributed by atoms with van der Waals surface area (Å²) in [6.45, 7) is 5.11. The topological polar surface area (TPSA) is 58.6 Å². The van der Waals surface area contributed by atoms with Gasteiger partial charge in [0.1, 0.15) is 17.2 Å². The van der Waals surface area contributed by atoms with Gasteiger partial charge in [-0.3, -0.25) is 9.59 Å². The number of halogens is 4. The molecule has 2 aromatic rings. The van der Waals surface area contributed by atoms with E-state index in [9.17, 15) is 27.2 Å². The van der Waals surface area contributed by atoms with Gasteiger partial charge in [0.05, 0.1) is 17.8 Å². The van der Waals surface area contributed by atoms with Crippen molar-refractivity contribution >= 4 is 23.8 Å². The molecule has 1 amide bonds. The number of hydrogen-bond acceptors (Lipinski definition) is 4. The van der Waals surface area contributed by atoms with Crippen molar-refractivity contribution in [3.63, 3.8) is 0 Å². The molecular formula is C30H36F4N2O3. The Labute approximate surface area is 226 Å². The minimum Gasteiger partial charge on any atom is -0.456 e. The number of anilines is 2. The fourth-order valence-electron chi connectivity index (χ4n) is 5.89. The van der Waals surface area contributed by atoms with Crippen LogP contribution in [0.2, 0.25) is 0 Å². The first-order valence-electron chi connectivity index (χ1n) is 13.7. The molecular weight excluding hydrogens is 512 g/mol. The first-order chi connectivity index (χ1) is 18.5. The van der Waals surface area contributed by atoms with E-state index in [4.69, 9.17) is 4.74 Å². The summed E-state index contributed by atoms with van der Waals surface area (Å²) in [5, 5.41) is 2.90. The summed E-state index contributed by atoms with van der Waals surface area (Å²) in [6.07, 6.45) is 2.97. The molecule has 0 bridgehead atoms. The van der Waals surface area contributed by atoms with Gasteiger partial charge in [-0.2, -0.15) is 0 Å². The minimum absolute atomic E-state index is 0.0525. The van der Waals surface area contributed by atoms with Crippen molar-refractivity contribution < 1.29 is 31.9 Å². The van der Waals surface area contributed by atoms with Gasteiger partial charge >= 0.3 is 0 Å². The van der Waals surface area contributed by atoms with Gasteiger partial charge in [0.15, 0.2) is 0 Å². The smallest absolute Gasteiger partial charge is 0.293 e. The molecule has 0 aromatic heterocycles. The summed E-state index contributed by atoms with van der Waals surface area (Å²) in [6, 6.07) is 8.44. The van der Waals surface area contributed by atoms with E-state index in [1.807, 2.05) is 26.0 Å². The summed E-state index contributed by atoms with van der Waals surface area (Å²) < 4.78 is 61.2. The standard InChI is InChI=1S/C30H36F4N2O3/c1-20(2)18-36(24-9-13-30(33,34)14-10-24)27-8-6-22(29(39-19-37)11-3-4-12-29)16-26(27)35-28(38)15-21-5-7-23(31)17-25(21)32/h5-8,16-17,19-20,24H,3-4,9-15,18H2,1-2H3,(H,35,38). The van der Waals surface area contributed by atoms with E-state index in [1.54, 1.807) is 6.07 Å². The number of ether oxygens (including phenoxy) is 1. The zero-order chi connectivity index (χ0) is 28.2. The molecule has 2 fully saturated rings. The Morgan fingerprint density at radius 3 is 2.38 bits per heavy atom. The van der Waals surface area contributed by atoms with Crippen LogP contribution in [0.3, 0.4) is 0 Å². The fourth-order valence-corrected chi connectivity index (χ4v) is 5.89. The van der Waals surface area contributed by atoms with Gasteiger partial charge in [0.2, 0.25) is 11.8 Å². The number of hydrogen-bond donors (Lipinski definition) is 1. The third-order valence-electron chi connectivity index (χ3n) is 7.85. The van der Waals surface area contributed by atoms with Crippen molar-refractivity contribution in [2.75, 3.05) is 16.8 Å². The molecule has 0 unspecified atom stereocenters. The molecule has 1 N–H and O–H groups in total. The van der Waals surface area contributed by atoms with Crippen LogP contribution in [0.15, 0.2) is 36.4 Å². The number of carbonyl (C=O) groups is 2. The molecule has 2 aliphatic rings. The SMILES string of the molecule is CC(C)CN(c1ccc(C2(OC=O)CCCC2)cc1NC(=O)Cc1ccc(F)cc1F)C1CCC(F)(F)CC1. The van der Waals surface area contributed by atoms with Crippen LogP contribution in [0, 0.1) is 17.6 Å². The quantitative estimate of drug-likeness (QED) is 0.254. The van der Waals surface area contributed by atoms with Gasteiger partial charge in [-0.05, 0) is 73.8 Å². The average molecular weight is 549 g/mol. The number of alkyl halides is 2. The lowest BCUT2D eigenvalue weighted by Crippen LogP contribution is -2.43. The zero-order valence-electron chi connectivity index (χ0n) is 22.5. The molecule has 0 heterocycles. The van der Waals surface area contributed by atoms with Crippen molar-refractivity contribution in [1.82, 2.24) is 0 Å². The molecule has 5 nitrogen and oxygen atoms in total. The largest absolute Gasteiger partial charge is 0.456 e. The molecule has 212 valence electrons. The Bertz CT molecular complexity index is 1170. The van der Waals surface area contributed by atoms with Crippen molar-refractivity contribution in [2.24, 2.45) is 5.92 Å². The molecule has 0 aliphatic heterocycles. The van der Waals surface area contributed by atoms with E-state index in [1.165, 1.54) is 6.07 Å². The van der Waals surface area contributed by atoms with Crippen molar-refractivity contribution in [1.29, 1.82) is 0 Å². The average Bonchev–Trinajstić information content (AvgIpc) is 3.34. The molecule has 2 saturated carbocycles. The molecule has 39 heavy (non-hydrogen) atoms. The predicted molar refractivity (Wildman–Crippen MR) is 142 cm³/mol. The third-order valence-corrected chi connectivity index (χ3v) is 7.85. The summed E-state index contributed by atoms with van der Waals surface area (Å²) in [5.74, 6) is -4.51. The van der Waals surface area contributed by atoms with Gasteiger partial charge in [-0.15, -0.1) is 0 Å². The van der Waals surface area contributed by atoms with E-state index < -0.39 is 29.1 Å². The normalized spacial score (nSPS) is 18.6. The van der Waals surface area contributed by atoms with Crippen LogP contribution in [0.5, 0.6) is 0 Å². The lowest BCUT2D eigenvalue weighted by atomic mass is 9.88. The molecule has 0 spiro atoms. The number of nitrogens with zero attached hydrogens (tertiary/aromatic N) is 1. The molecule has 2 aliphatic carbocycles. The van der Waals surface area contributed by atoms with Gasteiger partial charge in [0.25, 0.3) is 6.47 Å². The maximum atomic E-state index is 14.3. The second kappa shape index (κ2) is 12.0. The van der Waals surface area contributed by atoms with E-state index in [0.717, 1.165) is 30.5 Å². The van der Waals surface area contributed by atoms with Crippen LogP contribution in [0.1, 0.15) is 76.3 Å². The summed E-state index contributed by atoms with van der Waals surface area (Å²) in [5.41, 5.74) is 1.10. The Kier molecular flexibility index (Phi) is 8.86. The van der Waals surface area contributed by atoms with Crippen LogP contribution in [-0.2, 0) is 26.3 Å². The molecule has 0 radical (unpaired) electrons. The Balaban J connectivity index is 1.71. The summed E-state index contributed by atoms with van der Waals surface area (Å²) in [7, 11) is 0. The maximum absolute atomic E-state index is 14.3. The van der Waals surface area contributed by atoms with Crippen LogP contribution >= 0.6 is 0 Å². The first kappa shape index (κ1) is 28.9. The van der Waals surface area contributed by atoms with Gasteiger partial charge in [-0.1, -0.05) is 26.0 Å². The van der Waals surface area contributed by atoms with Crippen molar-refractivity contribution in [2.45, 2.75) is 89.2 Å². The van der Waals surface area contributed by atoms with Crippen LogP contribution in [-0.4, -0.2) is 30.9 Å². The van der Waals surface area contributed by atoms with E-state index >= 15 is 0 Å². The van der Waals surface area contributed by atoms with E-state index in [-0.39, 0.29) is 36.8 Å². The highest BCUT2D eigenvalue weighted by Crippen LogP contribution is 2.45. The first-order valence-corrected chi connectivity index (χ1v) is 13.7. The molecule has 2 aromatic carbocycles.